The third-order valence-electron chi connectivity index (χ3n) is 3.66. The minimum absolute atomic E-state index is 0.156. The molecule has 2 N–H and O–H groups in total. The van der Waals surface area contributed by atoms with Gasteiger partial charge in [-0.15, -0.1) is 0 Å². The van der Waals surface area contributed by atoms with Crippen LogP contribution in [0.2, 0.25) is 0 Å². The minimum atomic E-state index is -0.156. The van der Waals surface area contributed by atoms with Crippen LogP contribution in [0.15, 0.2) is 42.7 Å². The van der Waals surface area contributed by atoms with E-state index in [0.717, 1.165) is 23.4 Å². The van der Waals surface area contributed by atoms with Crippen LogP contribution in [0, 0.1) is 0 Å². The second-order valence-electron chi connectivity index (χ2n) is 5.41. The molecule has 0 aliphatic carbocycles. The van der Waals surface area contributed by atoms with Gasteiger partial charge in [0.05, 0.1) is 18.4 Å². The van der Waals surface area contributed by atoms with Gasteiger partial charge in [-0.1, -0.05) is 25.1 Å². The van der Waals surface area contributed by atoms with Crippen molar-refractivity contribution in [2.75, 3.05) is 12.4 Å². The van der Waals surface area contributed by atoms with Crippen LogP contribution in [0.25, 0.3) is 0 Å². The van der Waals surface area contributed by atoms with Crippen molar-refractivity contribution in [2.45, 2.75) is 32.9 Å². The summed E-state index contributed by atoms with van der Waals surface area (Å²) in [6.07, 6.45) is 4.30. The molecule has 1 unspecified atom stereocenters. The average Bonchev–Trinajstić information content (AvgIpc) is 2.60. The molecule has 0 aliphatic heterocycles. The number of nitrogens with one attached hydrogen (secondary N) is 2. The number of benzene rings is 1. The summed E-state index contributed by atoms with van der Waals surface area (Å²) in [6, 6.07) is 9.78. The number of para-hydroxylation sites is 1. The topological polar surface area (TPSA) is 63.2 Å². The smallest absolute Gasteiger partial charge is 0.253 e. The molecular weight excluding hydrogens is 290 g/mol. The van der Waals surface area contributed by atoms with E-state index < -0.39 is 0 Å². The third-order valence-corrected chi connectivity index (χ3v) is 3.66. The van der Waals surface area contributed by atoms with Crippen LogP contribution in [-0.2, 0) is 6.54 Å². The first-order valence-electron chi connectivity index (χ1n) is 7.75. The Morgan fingerprint density at radius 2 is 2.09 bits per heavy atom. The Bertz CT molecular complexity index is 658. The van der Waals surface area contributed by atoms with Gasteiger partial charge in [0.25, 0.3) is 5.91 Å². The van der Waals surface area contributed by atoms with Gasteiger partial charge in [0.15, 0.2) is 0 Å². The quantitative estimate of drug-likeness (QED) is 0.824. The number of hydrogen-bond acceptors (Lipinski definition) is 4. The molecule has 2 aromatic rings. The highest BCUT2D eigenvalue weighted by Crippen LogP contribution is 2.17. The molecule has 1 atom stereocenters. The lowest BCUT2D eigenvalue weighted by Gasteiger charge is -2.13. The zero-order chi connectivity index (χ0) is 16.7. The van der Waals surface area contributed by atoms with E-state index in [2.05, 4.69) is 29.5 Å². The number of methoxy groups -OCH3 is 1. The first kappa shape index (κ1) is 16.8. The van der Waals surface area contributed by atoms with Crippen molar-refractivity contribution in [3.8, 4) is 5.75 Å². The summed E-state index contributed by atoms with van der Waals surface area (Å²) < 4.78 is 5.28. The number of carbonyl (C=O) groups is 1. The first-order valence-corrected chi connectivity index (χ1v) is 7.75. The number of pyridine rings is 1. The van der Waals surface area contributed by atoms with Crippen molar-refractivity contribution in [3.05, 3.63) is 53.9 Å². The van der Waals surface area contributed by atoms with E-state index in [0.29, 0.717) is 18.2 Å². The molecule has 2 rings (SSSR count). The molecule has 0 radical (unpaired) electrons. The first-order chi connectivity index (χ1) is 11.1. The van der Waals surface area contributed by atoms with Crippen LogP contribution >= 0.6 is 0 Å². The minimum Gasteiger partial charge on any atom is -0.496 e. The lowest BCUT2D eigenvalue weighted by Crippen LogP contribution is -2.23. The number of anilines is 1. The molecule has 122 valence electrons. The number of nitrogens with zero attached hydrogens (tertiary/aromatic N) is 1. The van der Waals surface area contributed by atoms with Crippen LogP contribution < -0.4 is 15.4 Å². The fourth-order valence-corrected chi connectivity index (χ4v) is 2.16. The van der Waals surface area contributed by atoms with Gasteiger partial charge in [-0.2, -0.15) is 0 Å². The lowest BCUT2D eigenvalue weighted by atomic mass is 10.2. The number of carbonyl (C=O) groups excluding carboxylic acids is 1. The summed E-state index contributed by atoms with van der Waals surface area (Å²) in [6.45, 7) is 4.61. The van der Waals surface area contributed by atoms with Crippen molar-refractivity contribution in [1.29, 1.82) is 0 Å². The Hall–Kier alpha value is -2.56. The highest BCUT2D eigenvalue weighted by Gasteiger charge is 2.09. The van der Waals surface area contributed by atoms with Crippen molar-refractivity contribution in [2.24, 2.45) is 0 Å². The van der Waals surface area contributed by atoms with E-state index in [1.807, 2.05) is 30.3 Å². The number of rotatable bonds is 7. The van der Waals surface area contributed by atoms with Gasteiger partial charge in [0, 0.05) is 30.5 Å². The van der Waals surface area contributed by atoms with E-state index in [9.17, 15) is 4.79 Å². The Morgan fingerprint density at radius 3 is 2.83 bits per heavy atom. The number of amides is 1. The maximum absolute atomic E-state index is 12.3. The summed E-state index contributed by atoms with van der Waals surface area (Å²) in [7, 11) is 1.62. The van der Waals surface area contributed by atoms with E-state index in [4.69, 9.17) is 4.74 Å². The molecular formula is C18H23N3O2. The molecule has 23 heavy (non-hydrogen) atoms. The monoisotopic (exact) mass is 313 g/mol. The molecule has 0 bridgehead atoms. The number of ether oxygens (including phenoxy) is 1. The Kier molecular flexibility index (Phi) is 5.97. The highest BCUT2D eigenvalue weighted by molar-refractivity contribution is 5.94. The fourth-order valence-electron chi connectivity index (χ4n) is 2.16. The second-order valence-corrected chi connectivity index (χ2v) is 5.41. The summed E-state index contributed by atoms with van der Waals surface area (Å²) in [4.78, 5) is 16.4. The Balaban J connectivity index is 2.02. The summed E-state index contributed by atoms with van der Waals surface area (Å²) >= 11 is 0. The van der Waals surface area contributed by atoms with Gasteiger partial charge in [-0.25, -0.2) is 0 Å². The van der Waals surface area contributed by atoms with Crippen LogP contribution in [0.5, 0.6) is 5.75 Å². The average molecular weight is 313 g/mol. The van der Waals surface area contributed by atoms with Crippen LogP contribution in [0.3, 0.4) is 0 Å². The van der Waals surface area contributed by atoms with Gasteiger partial charge in [0.2, 0.25) is 0 Å². The number of hydrogen-bond donors (Lipinski definition) is 2. The fraction of sp³-hybridized carbons (Fsp3) is 0.333. The standard InChI is InChI=1S/C18H23N3O2/c1-4-13(2)21-16-9-15(10-19-12-16)18(22)20-11-14-7-5-6-8-17(14)23-3/h5-10,12-13,21H,4,11H2,1-3H3,(H,20,22). The van der Waals surface area contributed by atoms with Gasteiger partial charge < -0.3 is 15.4 Å². The molecule has 5 heteroatoms. The van der Waals surface area contributed by atoms with E-state index in [-0.39, 0.29) is 5.91 Å². The Labute approximate surface area is 137 Å². The predicted octanol–water partition coefficient (Wildman–Crippen LogP) is 3.23. The maximum Gasteiger partial charge on any atom is 0.253 e. The molecule has 0 saturated heterocycles. The van der Waals surface area contributed by atoms with E-state index >= 15 is 0 Å². The molecule has 5 nitrogen and oxygen atoms in total. The van der Waals surface area contributed by atoms with Gasteiger partial charge >= 0.3 is 0 Å². The van der Waals surface area contributed by atoms with E-state index in [1.54, 1.807) is 19.5 Å². The molecule has 0 spiro atoms. The van der Waals surface area contributed by atoms with Crippen molar-refractivity contribution >= 4 is 11.6 Å². The number of aromatic nitrogens is 1. The van der Waals surface area contributed by atoms with Gasteiger partial charge in [-0.05, 0) is 25.5 Å². The van der Waals surface area contributed by atoms with Crippen molar-refractivity contribution in [1.82, 2.24) is 10.3 Å². The lowest BCUT2D eigenvalue weighted by molar-refractivity contribution is 0.0950. The molecule has 1 aromatic carbocycles. The van der Waals surface area contributed by atoms with Gasteiger partial charge in [-0.3, -0.25) is 9.78 Å². The molecule has 1 heterocycles. The molecule has 0 fully saturated rings. The molecule has 1 aromatic heterocycles. The summed E-state index contributed by atoms with van der Waals surface area (Å²) in [5, 5.41) is 6.21. The normalized spacial score (nSPS) is 11.6. The van der Waals surface area contributed by atoms with Gasteiger partial charge in [0.1, 0.15) is 5.75 Å². The summed E-state index contributed by atoms with van der Waals surface area (Å²) in [5.41, 5.74) is 2.32. The van der Waals surface area contributed by atoms with Crippen LogP contribution in [0.1, 0.15) is 36.2 Å². The largest absolute Gasteiger partial charge is 0.496 e. The SMILES string of the molecule is CCC(C)Nc1cncc(C(=O)NCc2ccccc2OC)c1. The third kappa shape index (κ3) is 4.71. The molecule has 0 aliphatic rings. The van der Waals surface area contributed by atoms with E-state index in [1.165, 1.54) is 0 Å². The van der Waals surface area contributed by atoms with Crippen LogP contribution in [0.4, 0.5) is 5.69 Å². The second kappa shape index (κ2) is 8.17. The zero-order valence-electron chi connectivity index (χ0n) is 13.8. The van der Waals surface area contributed by atoms with Crippen molar-refractivity contribution in [3.63, 3.8) is 0 Å². The zero-order valence-corrected chi connectivity index (χ0v) is 13.8. The summed E-state index contributed by atoms with van der Waals surface area (Å²) in [5.74, 6) is 0.606. The van der Waals surface area contributed by atoms with Crippen molar-refractivity contribution < 1.29 is 9.53 Å². The molecule has 1 amide bonds. The highest BCUT2D eigenvalue weighted by atomic mass is 16.5. The molecule has 0 saturated carbocycles. The predicted molar refractivity (Wildman–Crippen MR) is 91.8 cm³/mol. The van der Waals surface area contributed by atoms with Crippen LogP contribution in [-0.4, -0.2) is 24.0 Å². The maximum atomic E-state index is 12.3. The Morgan fingerprint density at radius 1 is 1.30 bits per heavy atom.